The van der Waals surface area contributed by atoms with Gasteiger partial charge in [0.2, 0.25) is 0 Å². The van der Waals surface area contributed by atoms with Crippen LogP contribution in [0.2, 0.25) is 0 Å². The predicted octanol–water partition coefficient (Wildman–Crippen LogP) is 2.95. The van der Waals surface area contributed by atoms with E-state index in [1.165, 1.54) is 38.6 Å². The zero-order valence-corrected chi connectivity index (χ0v) is 9.32. The van der Waals surface area contributed by atoms with Crippen LogP contribution < -0.4 is 5.32 Å². The molecule has 1 saturated heterocycles. The molecule has 2 atom stereocenters. The first kappa shape index (κ1) is 9.51. The molecule has 1 aliphatic carbocycles. The van der Waals surface area contributed by atoms with E-state index in [2.05, 4.69) is 26.1 Å². The molecule has 2 rings (SSSR count). The minimum Gasteiger partial charge on any atom is -0.313 e. The van der Waals surface area contributed by atoms with Crippen molar-refractivity contribution in [2.75, 3.05) is 6.54 Å². The maximum absolute atomic E-state index is 3.63. The van der Waals surface area contributed by atoms with Gasteiger partial charge < -0.3 is 5.32 Å². The Bertz CT molecular complexity index is 193. The fraction of sp³-hybridized carbons (Fsp3) is 1.00. The number of rotatable bonds is 1. The van der Waals surface area contributed by atoms with E-state index in [0.29, 0.717) is 10.8 Å². The van der Waals surface area contributed by atoms with Crippen LogP contribution >= 0.6 is 0 Å². The van der Waals surface area contributed by atoms with Crippen molar-refractivity contribution in [1.29, 1.82) is 0 Å². The van der Waals surface area contributed by atoms with E-state index in [1.807, 2.05) is 0 Å². The second-order valence-electron chi connectivity index (χ2n) is 5.87. The predicted molar refractivity (Wildman–Crippen MR) is 56.8 cm³/mol. The normalized spacial score (nSPS) is 43.2. The highest BCUT2D eigenvalue weighted by Crippen LogP contribution is 2.48. The van der Waals surface area contributed by atoms with Crippen molar-refractivity contribution in [3.63, 3.8) is 0 Å². The molecule has 0 bridgehead atoms. The Morgan fingerprint density at radius 2 is 2.08 bits per heavy atom. The molecule has 1 N–H and O–H groups in total. The Hall–Kier alpha value is -0.0400. The van der Waals surface area contributed by atoms with Crippen LogP contribution in [0.4, 0.5) is 0 Å². The first-order valence-electron chi connectivity index (χ1n) is 5.81. The summed E-state index contributed by atoms with van der Waals surface area (Å²) in [5, 5.41) is 3.63. The highest BCUT2D eigenvalue weighted by molar-refractivity contribution is 5.04. The average Bonchev–Trinajstić information content (AvgIpc) is 2.13. The zero-order chi connectivity index (χ0) is 9.53. The summed E-state index contributed by atoms with van der Waals surface area (Å²) in [5.41, 5.74) is 1.27. The van der Waals surface area contributed by atoms with Crippen LogP contribution in [0.1, 0.15) is 52.9 Å². The van der Waals surface area contributed by atoms with Crippen LogP contribution in [-0.4, -0.2) is 12.6 Å². The van der Waals surface area contributed by atoms with Gasteiger partial charge in [0.15, 0.2) is 0 Å². The number of hydrogen-bond acceptors (Lipinski definition) is 1. The molecular formula is C12H23N. The molecule has 0 radical (unpaired) electrons. The van der Waals surface area contributed by atoms with Crippen LogP contribution in [0.5, 0.6) is 0 Å². The maximum Gasteiger partial charge on any atom is 0.0141 e. The van der Waals surface area contributed by atoms with Gasteiger partial charge in [0.1, 0.15) is 0 Å². The summed E-state index contributed by atoms with van der Waals surface area (Å²) in [6.07, 6.45) is 7.10. The van der Waals surface area contributed by atoms with E-state index in [-0.39, 0.29) is 0 Å². The molecule has 0 spiro atoms. The highest BCUT2D eigenvalue weighted by Gasteiger charge is 2.48. The van der Waals surface area contributed by atoms with Crippen LogP contribution in [-0.2, 0) is 0 Å². The third kappa shape index (κ3) is 1.52. The standard InChI is InChI=1S/C12H23N/c1-4-12-7-5-6-11(2,3)8-10(12)13-9-12/h10,13H,4-9H2,1-3H3. The van der Waals surface area contributed by atoms with E-state index in [0.717, 1.165) is 6.04 Å². The van der Waals surface area contributed by atoms with E-state index in [9.17, 15) is 0 Å². The lowest BCUT2D eigenvalue weighted by Gasteiger charge is -2.51. The summed E-state index contributed by atoms with van der Waals surface area (Å²) in [6.45, 7) is 8.51. The largest absolute Gasteiger partial charge is 0.313 e. The molecule has 13 heavy (non-hydrogen) atoms. The Balaban J connectivity index is 2.10. The second-order valence-corrected chi connectivity index (χ2v) is 5.87. The van der Waals surface area contributed by atoms with Gasteiger partial charge in [-0.25, -0.2) is 0 Å². The maximum atomic E-state index is 3.63. The fourth-order valence-corrected chi connectivity index (χ4v) is 3.21. The van der Waals surface area contributed by atoms with Crippen LogP contribution in [0.3, 0.4) is 0 Å². The van der Waals surface area contributed by atoms with Crippen molar-refractivity contribution in [2.45, 2.75) is 58.9 Å². The van der Waals surface area contributed by atoms with Crippen molar-refractivity contribution in [2.24, 2.45) is 10.8 Å². The lowest BCUT2D eigenvalue weighted by molar-refractivity contribution is 0.0549. The molecule has 2 unspecified atom stereocenters. The average molecular weight is 181 g/mol. The van der Waals surface area contributed by atoms with Crippen LogP contribution in [0.25, 0.3) is 0 Å². The van der Waals surface area contributed by atoms with Gasteiger partial charge in [-0.05, 0) is 36.5 Å². The summed E-state index contributed by atoms with van der Waals surface area (Å²) in [6, 6.07) is 0.829. The lowest BCUT2D eigenvalue weighted by atomic mass is 9.67. The molecule has 1 aliphatic heterocycles. The molecule has 2 fully saturated rings. The van der Waals surface area contributed by atoms with E-state index >= 15 is 0 Å². The summed E-state index contributed by atoms with van der Waals surface area (Å²) in [7, 11) is 0. The molecule has 1 heterocycles. The Morgan fingerprint density at radius 3 is 2.62 bits per heavy atom. The molecule has 1 saturated carbocycles. The minimum absolute atomic E-state index is 0.578. The number of nitrogens with one attached hydrogen (secondary N) is 1. The van der Waals surface area contributed by atoms with Gasteiger partial charge in [-0.2, -0.15) is 0 Å². The molecular weight excluding hydrogens is 158 g/mol. The molecule has 0 aromatic carbocycles. The molecule has 76 valence electrons. The lowest BCUT2D eigenvalue weighted by Crippen LogP contribution is -2.62. The summed E-state index contributed by atoms with van der Waals surface area (Å²) >= 11 is 0. The van der Waals surface area contributed by atoms with Gasteiger partial charge in [-0.3, -0.25) is 0 Å². The molecule has 1 heteroatoms. The Labute approximate surface area is 82.3 Å². The molecule has 0 aromatic heterocycles. The smallest absolute Gasteiger partial charge is 0.0141 e. The molecule has 0 amide bonds. The van der Waals surface area contributed by atoms with Crippen LogP contribution in [0, 0.1) is 10.8 Å². The zero-order valence-electron chi connectivity index (χ0n) is 9.32. The first-order chi connectivity index (χ1) is 6.08. The second kappa shape index (κ2) is 2.98. The molecule has 0 aromatic rings. The van der Waals surface area contributed by atoms with Crippen molar-refractivity contribution in [3.05, 3.63) is 0 Å². The summed E-state index contributed by atoms with van der Waals surface area (Å²) < 4.78 is 0. The van der Waals surface area contributed by atoms with Gasteiger partial charge in [0.05, 0.1) is 0 Å². The monoisotopic (exact) mass is 181 g/mol. The van der Waals surface area contributed by atoms with Gasteiger partial charge >= 0.3 is 0 Å². The third-order valence-electron chi connectivity index (χ3n) is 4.43. The topological polar surface area (TPSA) is 12.0 Å². The van der Waals surface area contributed by atoms with Crippen molar-refractivity contribution in [3.8, 4) is 0 Å². The van der Waals surface area contributed by atoms with Crippen molar-refractivity contribution >= 4 is 0 Å². The highest BCUT2D eigenvalue weighted by atomic mass is 15.0. The van der Waals surface area contributed by atoms with E-state index in [1.54, 1.807) is 0 Å². The SMILES string of the molecule is CCC12CCCC(C)(C)CC1NC2. The Morgan fingerprint density at radius 1 is 1.31 bits per heavy atom. The molecule has 1 nitrogen and oxygen atoms in total. The summed E-state index contributed by atoms with van der Waals surface area (Å²) in [5.74, 6) is 0. The van der Waals surface area contributed by atoms with E-state index < -0.39 is 0 Å². The van der Waals surface area contributed by atoms with Gasteiger partial charge in [-0.15, -0.1) is 0 Å². The van der Waals surface area contributed by atoms with Crippen molar-refractivity contribution in [1.82, 2.24) is 5.32 Å². The number of fused-ring (bicyclic) bond motifs is 1. The quantitative estimate of drug-likeness (QED) is 0.656. The van der Waals surface area contributed by atoms with Crippen molar-refractivity contribution < 1.29 is 0 Å². The first-order valence-corrected chi connectivity index (χ1v) is 5.81. The van der Waals surface area contributed by atoms with Gasteiger partial charge in [-0.1, -0.05) is 27.2 Å². The van der Waals surface area contributed by atoms with E-state index in [4.69, 9.17) is 0 Å². The molecule has 2 aliphatic rings. The number of hydrogen-bond donors (Lipinski definition) is 1. The van der Waals surface area contributed by atoms with Gasteiger partial charge in [0.25, 0.3) is 0 Å². The van der Waals surface area contributed by atoms with Crippen LogP contribution in [0.15, 0.2) is 0 Å². The Kier molecular flexibility index (Phi) is 2.18. The fourth-order valence-electron chi connectivity index (χ4n) is 3.21. The third-order valence-corrected chi connectivity index (χ3v) is 4.43. The summed E-state index contributed by atoms with van der Waals surface area (Å²) in [4.78, 5) is 0. The van der Waals surface area contributed by atoms with Gasteiger partial charge in [0, 0.05) is 12.6 Å². The minimum atomic E-state index is 0.578.